The van der Waals surface area contributed by atoms with Crippen LogP contribution in [0.2, 0.25) is 0 Å². The van der Waals surface area contributed by atoms with Crippen LogP contribution in [0.5, 0.6) is 0 Å². The molecule has 53 heavy (non-hydrogen) atoms. The summed E-state index contributed by atoms with van der Waals surface area (Å²) in [6.07, 6.45) is -3.93. The molecule has 13 nitrogen and oxygen atoms in total. The van der Waals surface area contributed by atoms with Crippen molar-refractivity contribution in [3.63, 3.8) is 0 Å². The fourth-order valence-electron chi connectivity index (χ4n) is 8.00. The first kappa shape index (κ1) is 37.1. The third-order valence-corrected chi connectivity index (χ3v) is 12.6. The smallest absolute Gasteiger partial charge is 0.417 e. The number of likely N-dealkylation sites (N-methyl/N-ethyl adjacent to an activating group) is 1. The van der Waals surface area contributed by atoms with E-state index < -0.39 is 45.0 Å². The highest BCUT2D eigenvalue weighted by molar-refractivity contribution is 7.87. The summed E-state index contributed by atoms with van der Waals surface area (Å²) in [5.74, 6) is -1.72. The van der Waals surface area contributed by atoms with Crippen LogP contribution in [-0.4, -0.2) is 115 Å². The molecule has 2 amide bonds. The van der Waals surface area contributed by atoms with Crippen molar-refractivity contribution in [3.05, 3.63) is 68.1 Å². The fraction of sp³-hybridized carbons (Fsp3) is 0.528. The Hall–Kier alpha value is -4.19. The standard InChI is InChI=1S/C36H43F3N6O7S/c1-20-29(43-11-10-42(4)24(17-43)19-51-5)7-6-26-25-8-9-44(18-27(25)35(48)52-32(20)26)34(47)21-13-28(36(37,38)39)31(33(46)40-53(49,50)41(2)3)30(14-21)45-15-22-12-23(22)16-45/h6-7,13-14,22-24H,8-12,15-19H2,1-5H3,(H,40,46)/t22?,23?,24-/m1/s1. The number of piperazine rings is 1. The first-order valence-electron chi connectivity index (χ1n) is 17.5. The number of hydrogen-bond acceptors (Lipinski definition) is 10. The van der Waals surface area contributed by atoms with Crippen molar-refractivity contribution in [3.8, 4) is 0 Å². The molecule has 0 bridgehead atoms. The number of aryl methyl sites for hydroxylation is 1. The molecular formula is C36H43F3N6O7S. The van der Waals surface area contributed by atoms with Crippen molar-refractivity contribution in [2.24, 2.45) is 11.8 Å². The maximum atomic E-state index is 14.7. The summed E-state index contributed by atoms with van der Waals surface area (Å²) < 4.78 is 83.0. The van der Waals surface area contributed by atoms with Crippen LogP contribution in [-0.2, 0) is 34.1 Å². The highest BCUT2D eigenvalue weighted by Crippen LogP contribution is 2.48. The molecule has 4 heterocycles. The highest BCUT2D eigenvalue weighted by atomic mass is 32.2. The van der Waals surface area contributed by atoms with Gasteiger partial charge in [-0.15, -0.1) is 0 Å². The van der Waals surface area contributed by atoms with Crippen LogP contribution >= 0.6 is 0 Å². The number of benzene rings is 2. The van der Waals surface area contributed by atoms with Crippen LogP contribution in [0.25, 0.3) is 11.0 Å². The van der Waals surface area contributed by atoms with Gasteiger partial charge in [-0.1, -0.05) is 0 Å². The number of hydrogen-bond donors (Lipinski definition) is 1. The molecular weight excluding hydrogens is 717 g/mol. The summed E-state index contributed by atoms with van der Waals surface area (Å²) in [6.45, 7) is 5.53. The zero-order valence-electron chi connectivity index (χ0n) is 30.2. The normalized spacial score (nSPS) is 22.0. The Bertz CT molecular complexity index is 2150. The second-order valence-electron chi connectivity index (χ2n) is 14.7. The Kier molecular flexibility index (Phi) is 9.52. The Morgan fingerprint density at radius 3 is 2.40 bits per heavy atom. The van der Waals surface area contributed by atoms with Crippen molar-refractivity contribution in [2.45, 2.75) is 38.5 Å². The predicted molar refractivity (Wildman–Crippen MR) is 191 cm³/mol. The summed E-state index contributed by atoms with van der Waals surface area (Å²) in [5.41, 5.74) is -0.188. The number of rotatable bonds is 8. The van der Waals surface area contributed by atoms with Gasteiger partial charge in [0.2, 0.25) is 0 Å². The zero-order chi connectivity index (χ0) is 38.1. The van der Waals surface area contributed by atoms with E-state index >= 15 is 0 Å². The van der Waals surface area contributed by atoms with Gasteiger partial charge in [-0.25, -0.2) is 9.52 Å². The minimum absolute atomic E-state index is 0.121. The second kappa shape index (κ2) is 13.6. The third-order valence-electron chi connectivity index (χ3n) is 11.2. The number of nitrogens with one attached hydrogen (secondary N) is 1. The van der Waals surface area contributed by atoms with Gasteiger partial charge in [0.15, 0.2) is 0 Å². The van der Waals surface area contributed by atoms with E-state index in [1.165, 1.54) is 11.0 Å². The van der Waals surface area contributed by atoms with Crippen molar-refractivity contribution < 1.29 is 40.3 Å². The van der Waals surface area contributed by atoms with Crippen molar-refractivity contribution >= 4 is 44.4 Å². The lowest BCUT2D eigenvalue weighted by molar-refractivity contribution is -0.137. The van der Waals surface area contributed by atoms with Crippen molar-refractivity contribution in [2.75, 3.05) is 83.9 Å². The predicted octanol–water partition coefficient (Wildman–Crippen LogP) is 3.08. The maximum Gasteiger partial charge on any atom is 0.417 e. The zero-order valence-corrected chi connectivity index (χ0v) is 31.1. The number of fused-ring (bicyclic) bond motifs is 4. The number of ether oxygens (including phenoxy) is 1. The molecule has 1 aromatic heterocycles. The van der Waals surface area contributed by atoms with Gasteiger partial charge in [0, 0.05) is 82.7 Å². The Labute approximate surface area is 305 Å². The van der Waals surface area contributed by atoms with Gasteiger partial charge >= 0.3 is 22.0 Å². The van der Waals surface area contributed by atoms with Crippen LogP contribution < -0.4 is 20.1 Å². The number of alkyl halides is 3. The largest absolute Gasteiger partial charge is 0.422 e. The molecule has 1 N–H and O–H groups in total. The van der Waals surface area contributed by atoms with E-state index in [-0.39, 0.29) is 54.2 Å². The minimum Gasteiger partial charge on any atom is -0.422 e. The van der Waals surface area contributed by atoms with Gasteiger partial charge in [-0.2, -0.15) is 25.9 Å². The van der Waals surface area contributed by atoms with E-state index in [0.717, 1.165) is 62.4 Å². The van der Waals surface area contributed by atoms with E-state index in [0.29, 0.717) is 35.7 Å². The molecule has 0 spiro atoms. The van der Waals surface area contributed by atoms with Crippen LogP contribution in [0.15, 0.2) is 33.5 Å². The number of halogens is 3. The molecule has 17 heteroatoms. The van der Waals surface area contributed by atoms with E-state index in [2.05, 4.69) is 16.8 Å². The van der Waals surface area contributed by atoms with E-state index in [9.17, 15) is 36.0 Å². The summed E-state index contributed by atoms with van der Waals surface area (Å²) in [5, 5.41) is 0.743. The lowest BCUT2D eigenvalue weighted by Crippen LogP contribution is -2.53. The number of carbonyl (C=O) groups excluding carboxylic acids is 2. The molecule has 3 aliphatic heterocycles. The monoisotopic (exact) mass is 760 g/mol. The van der Waals surface area contributed by atoms with Gasteiger partial charge in [-0.3, -0.25) is 14.5 Å². The number of nitrogens with zero attached hydrogens (tertiary/aromatic N) is 5. The average molecular weight is 761 g/mol. The second-order valence-corrected chi connectivity index (χ2v) is 16.6. The Balaban J connectivity index is 1.22. The average Bonchev–Trinajstić information content (AvgIpc) is 3.72. The molecule has 2 unspecified atom stereocenters. The number of amides is 2. The lowest BCUT2D eigenvalue weighted by atomic mass is 9.94. The molecule has 4 aliphatic rings. The summed E-state index contributed by atoms with van der Waals surface area (Å²) in [7, 11) is 1.59. The highest BCUT2D eigenvalue weighted by Gasteiger charge is 2.47. The molecule has 7 rings (SSSR count). The molecule has 286 valence electrons. The first-order chi connectivity index (χ1) is 25.0. The number of anilines is 2. The minimum atomic E-state index is -5.11. The maximum absolute atomic E-state index is 14.7. The first-order valence-corrected chi connectivity index (χ1v) is 19.0. The van der Waals surface area contributed by atoms with Gasteiger partial charge < -0.3 is 23.9 Å². The number of piperidine rings is 1. The molecule has 0 radical (unpaired) electrons. The van der Waals surface area contributed by atoms with Gasteiger partial charge in [0.1, 0.15) is 5.58 Å². The van der Waals surface area contributed by atoms with Crippen LogP contribution in [0.1, 0.15) is 49.4 Å². The Morgan fingerprint density at radius 2 is 1.74 bits per heavy atom. The van der Waals surface area contributed by atoms with Gasteiger partial charge in [0.05, 0.1) is 41.6 Å². The number of carbonyl (C=O) groups is 2. The topological polar surface area (TPSA) is 136 Å². The molecule has 2 saturated heterocycles. The molecule has 3 fully saturated rings. The molecule has 1 aliphatic carbocycles. The summed E-state index contributed by atoms with van der Waals surface area (Å²) in [4.78, 5) is 48.4. The Morgan fingerprint density at radius 1 is 1.02 bits per heavy atom. The van der Waals surface area contributed by atoms with Crippen LogP contribution in [0.3, 0.4) is 0 Å². The SMILES string of the molecule is COC[C@H]1CN(c2ccc3c4c(c(=O)oc3c2C)CN(C(=O)c2cc(N3CC5CC5C3)c(C(=O)NS(=O)(=O)N(C)C)c(C(F)(F)F)c2)CC4)CCN1C. The summed E-state index contributed by atoms with van der Waals surface area (Å²) in [6, 6.07) is 5.95. The van der Waals surface area contributed by atoms with E-state index in [4.69, 9.17) is 9.15 Å². The molecule has 1 saturated carbocycles. The van der Waals surface area contributed by atoms with Gasteiger partial charge in [0.25, 0.3) is 11.8 Å². The third kappa shape index (κ3) is 6.87. The lowest BCUT2D eigenvalue weighted by Gasteiger charge is -2.41. The summed E-state index contributed by atoms with van der Waals surface area (Å²) >= 11 is 0. The van der Waals surface area contributed by atoms with E-state index in [1.807, 2.05) is 19.1 Å². The number of methoxy groups -OCH3 is 1. The van der Waals surface area contributed by atoms with Crippen LogP contribution in [0.4, 0.5) is 24.5 Å². The van der Waals surface area contributed by atoms with Crippen molar-refractivity contribution in [1.29, 1.82) is 0 Å². The quantitative estimate of drug-likeness (QED) is 0.342. The van der Waals surface area contributed by atoms with E-state index in [1.54, 1.807) is 16.7 Å². The molecule has 3 aromatic rings. The van der Waals surface area contributed by atoms with Crippen LogP contribution in [0, 0.1) is 18.8 Å². The fourth-order valence-corrected chi connectivity index (χ4v) is 8.52. The molecule has 2 aromatic carbocycles. The molecule has 3 atom stereocenters. The van der Waals surface area contributed by atoms with Gasteiger partial charge in [-0.05, 0) is 68.5 Å². The van der Waals surface area contributed by atoms with Crippen molar-refractivity contribution in [1.82, 2.24) is 18.8 Å².